The summed E-state index contributed by atoms with van der Waals surface area (Å²) in [5, 5.41) is 3.35. The highest BCUT2D eigenvalue weighted by Crippen LogP contribution is 2.10. The van der Waals surface area contributed by atoms with Gasteiger partial charge in [-0.3, -0.25) is 4.99 Å². The van der Waals surface area contributed by atoms with Crippen LogP contribution in [0.25, 0.3) is 0 Å². The van der Waals surface area contributed by atoms with Gasteiger partial charge >= 0.3 is 0 Å². The van der Waals surface area contributed by atoms with Crippen LogP contribution in [0.3, 0.4) is 0 Å². The molecule has 1 fully saturated rings. The summed E-state index contributed by atoms with van der Waals surface area (Å²) in [6, 6.07) is 0. The third-order valence-corrected chi connectivity index (χ3v) is 3.63. The van der Waals surface area contributed by atoms with E-state index in [9.17, 15) is 0 Å². The Hall–Kier alpha value is -0.810. The van der Waals surface area contributed by atoms with Crippen molar-refractivity contribution in [2.45, 2.75) is 52.1 Å². The summed E-state index contributed by atoms with van der Waals surface area (Å²) in [5.74, 6) is 1.01. The second-order valence-corrected chi connectivity index (χ2v) is 5.55. The third-order valence-electron chi connectivity index (χ3n) is 3.63. The molecule has 1 rings (SSSR count). The van der Waals surface area contributed by atoms with Gasteiger partial charge in [-0.15, -0.1) is 0 Å². The molecule has 21 heavy (non-hydrogen) atoms. The summed E-state index contributed by atoms with van der Waals surface area (Å²) < 4.78 is 11.2. The van der Waals surface area contributed by atoms with E-state index in [2.05, 4.69) is 36.1 Å². The third kappa shape index (κ3) is 8.27. The summed E-state index contributed by atoms with van der Waals surface area (Å²) in [6.07, 6.45) is 5.85. The minimum atomic E-state index is 0.392. The molecule has 1 saturated heterocycles. The molecule has 1 N–H and O–H groups in total. The number of unbranched alkanes of at least 4 members (excludes halogenated alkanes) is 1. The Balaban J connectivity index is 2.19. The molecule has 0 radical (unpaired) electrons. The van der Waals surface area contributed by atoms with E-state index in [1.165, 1.54) is 12.8 Å². The largest absolute Gasteiger partial charge is 0.381 e. The minimum Gasteiger partial charge on any atom is -0.381 e. The Labute approximate surface area is 130 Å². The van der Waals surface area contributed by atoms with Gasteiger partial charge < -0.3 is 19.7 Å². The number of rotatable bonds is 9. The predicted molar refractivity (Wildman–Crippen MR) is 87.9 cm³/mol. The lowest BCUT2D eigenvalue weighted by atomic mass is 10.1. The van der Waals surface area contributed by atoms with Gasteiger partial charge in [0.1, 0.15) is 0 Å². The fraction of sp³-hybridized carbons (Fsp3) is 0.938. The molecule has 0 aliphatic carbocycles. The van der Waals surface area contributed by atoms with Crippen molar-refractivity contribution in [3.63, 3.8) is 0 Å². The Kier molecular flexibility index (Phi) is 10.3. The monoisotopic (exact) mass is 299 g/mol. The first-order valence-corrected chi connectivity index (χ1v) is 8.46. The molecule has 0 aromatic carbocycles. The molecule has 0 amide bonds. The topological polar surface area (TPSA) is 46.1 Å². The van der Waals surface area contributed by atoms with Crippen molar-refractivity contribution in [1.82, 2.24) is 10.2 Å². The van der Waals surface area contributed by atoms with E-state index in [1.54, 1.807) is 0 Å². The first-order chi connectivity index (χ1) is 10.3. The number of hydrogen-bond acceptors (Lipinski definition) is 3. The van der Waals surface area contributed by atoms with Gasteiger partial charge in [-0.25, -0.2) is 0 Å². The first kappa shape index (κ1) is 18.2. The lowest BCUT2D eigenvalue weighted by molar-refractivity contribution is -0.0318. The Morgan fingerprint density at radius 2 is 2.05 bits per heavy atom. The van der Waals surface area contributed by atoms with Gasteiger partial charge in [-0.05, 0) is 32.6 Å². The van der Waals surface area contributed by atoms with Crippen LogP contribution in [0.4, 0.5) is 0 Å². The molecule has 1 aliphatic heterocycles. The average Bonchev–Trinajstić information content (AvgIpc) is 2.52. The van der Waals surface area contributed by atoms with Gasteiger partial charge in [0.2, 0.25) is 0 Å². The molecule has 0 aromatic rings. The van der Waals surface area contributed by atoms with Crippen molar-refractivity contribution in [3.05, 3.63) is 0 Å². The zero-order valence-electron chi connectivity index (χ0n) is 14.1. The van der Waals surface area contributed by atoms with Gasteiger partial charge in [0, 0.05) is 46.5 Å². The number of ether oxygens (including phenoxy) is 2. The number of aliphatic imine (C=N–C) groups is 1. The molecule has 0 bridgehead atoms. The highest BCUT2D eigenvalue weighted by atomic mass is 16.5. The highest BCUT2D eigenvalue weighted by Gasteiger charge is 2.13. The van der Waals surface area contributed by atoms with Crippen LogP contribution in [0.15, 0.2) is 4.99 Å². The maximum absolute atomic E-state index is 5.87. The van der Waals surface area contributed by atoms with Gasteiger partial charge in [0.15, 0.2) is 5.96 Å². The lowest BCUT2D eigenvalue weighted by Crippen LogP contribution is -2.39. The van der Waals surface area contributed by atoms with Crippen LogP contribution in [-0.2, 0) is 9.47 Å². The molecular formula is C16H33N3O2. The maximum Gasteiger partial charge on any atom is 0.193 e. The Morgan fingerprint density at radius 1 is 1.29 bits per heavy atom. The van der Waals surface area contributed by atoms with Crippen molar-refractivity contribution in [1.29, 1.82) is 0 Å². The second kappa shape index (κ2) is 11.8. The molecule has 5 heteroatoms. The Bertz CT molecular complexity index is 279. The molecule has 1 heterocycles. The maximum atomic E-state index is 5.87. The number of hydrogen-bond donors (Lipinski definition) is 1. The summed E-state index contributed by atoms with van der Waals surface area (Å²) in [5.41, 5.74) is 0. The van der Waals surface area contributed by atoms with Gasteiger partial charge in [-0.1, -0.05) is 13.3 Å². The van der Waals surface area contributed by atoms with Crippen LogP contribution in [-0.4, -0.2) is 63.5 Å². The zero-order valence-corrected chi connectivity index (χ0v) is 14.1. The van der Waals surface area contributed by atoms with E-state index in [4.69, 9.17) is 9.47 Å². The second-order valence-electron chi connectivity index (χ2n) is 5.55. The Morgan fingerprint density at radius 3 is 2.71 bits per heavy atom. The smallest absolute Gasteiger partial charge is 0.193 e. The summed E-state index contributed by atoms with van der Waals surface area (Å²) in [7, 11) is 2.11. The van der Waals surface area contributed by atoms with Crippen molar-refractivity contribution in [3.8, 4) is 0 Å². The van der Waals surface area contributed by atoms with Crippen LogP contribution in [0.1, 0.15) is 46.0 Å². The molecular weight excluding hydrogens is 266 g/mol. The normalized spacial score (nSPS) is 17.0. The van der Waals surface area contributed by atoms with E-state index in [0.29, 0.717) is 6.10 Å². The lowest BCUT2D eigenvalue weighted by Gasteiger charge is -2.23. The zero-order chi connectivity index (χ0) is 15.3. The van der Waals surface area contributed by atoms with Gasteiger partial charge in [0.25, 0.3) is 0 Å². The molecule has 124 valence electrons. The fourth-order valence-electron chi connectivity index (χ4n) is 2.31. The van der Waals surface area contributed by atoms with Crippen LogP contribution < -0.4 is 5.32 Å². The standard InChI is InChI=1S/C16H33N3O2/c1-4-6-11-19(3)16(17-5-2)18-10-7-12-21-15-8-13-20-14-9-15/h15H,4-14H2,1-3H3,(H,17,18). The number of nitrogens with one attached hydrogen (secondary N) is 1. The molecule has 1 aliphatic rings. The first-order valence-electron chi connectivity index (χ1n) is 8.46. The van der Waals surface area contributed by atoms with E-state index < -0.39 is 0 Å². The molecule has 0 saturated carbocycles. The van der Waals surface area contributed by atoms with Crippen molar-refractivity contribution in [2.24, 2.45) is 4.99 Å². The van der Waals surface area contributed by atoms with E-state index in [1.807, 2.05) is 0 Å². The predicted octanol–water partition coefficient (Wildman–Crippen LogP) is 2.27. The van der Waals surface area contributed by atoms with Crippen molar-refractivity contribution in [2.75, 3.05) is 46.5 Å². The quantitative estimate of drug-likeness (QED) is 0.403. The van der Waals surface area contributed by atoms with Gasteiger partial charge in [-0.2, -0.15) is 0 Å². The number of nitrogens with zero attached hydrogens (tertiary/aromatic N) is 2. The van der Waals surface area contributed by atoms with Crippen LogP contribution in [0, 0.1) is 0 Å². The summed E-state index contributed by atoms with van der Waals surface area (Å²) >= 11 is 0. The van der Waals surface area contributed by atoms with Crippen LogP contribution >= 0.6 is 0 Å². The highest BCUT2D eigenvalue weighted by molar-refractivity contribution is 5.79. The van der Waals surface area contributed by atoms with E-state index >= 15 is 0 Å². The van der Waals surface area contributed by atoms with Crippen LogP contribution in [0.5, 0.6) is 0 Å². The SMILES string of the molecule is CCCCN(C)C(=NCCCOC1CCOCC1)NCC. The van der Waals surface area contributed by atoms with Crippen molar-refractivity contribution < 1.29 is 9.47 Å². The molecule has 0 unspecified atom stereocenters. The molecule has 0 spiro atoms. The van der Waals surface area contributed by atoms with Crippen LogP contribution in [0.2, 0.25) is 0 Å². The molecule has 0 atom stereocenters. The van der Waals surface area contributed by atoms with Crippen molar-refractivity contribution >= 4 is 5.96 Å². The van der Waals surface area contributed by atoms with E-state index in [-0.39, 0.29) is 0 Å². The fourth-order valence-corrected chi connectivity index (χ4v) is 2.31. The minimum absolute atomic E-state index is 0.392. The van der Waals surface area contributed by atoms with E-state index in [0.717, 1.165) is 64.7 Å². The number of guanidine groups is 1. The average molecular weight is 299 g/mol. The van der Waals surface area contributed by atoms with Gasteiger partial charge in [0.05, 0.1) is 6.10 Å². The molecule has 5 nitrogen and oxygen atoms in total. The molecule has 0 aromatic heterocycles. The summed E-state index contributed by atoms with van der Waals surface area (Å²) in [4.78, 5) is 6.89. The summed E-state index contributed by atoms with van der Waals surface area (Å²) in [6.45, 7) is 9.59.